The lowest BCUT2D eigenvalue weighted by molar-refractivity contribution is 0.144. The van der Waals surface area contributed by atoms with Gasteiger partial charge in [-0.1, -0.05) is 60.8 Å². The van der Waals surface area contributed by atoms with Crippen molar-refractivity contribution in [2.24, 2.45) is 0 Å². The van der Waals surface area contributed by atoms with Crippen LogP contribution in [0.1, 0.15) is 12.8 Å². The maximum Gasteiger partial charge on any atom is 0.206 e. The number of rotatable bonds is 8. The van der Waals surface area contributed by atoms with Gasteiger partial charge in [0.05, 0.1) is 20.3 Å². The molecule has 0 radical (unpaired) electrons. The van der Waals surface area contributed by atoms with Crippen molar-refractivity contribution in [2.75, 3.05) is 0 Å². The minimum atomic E-state index is -3.96. The molecule has 0 atom stereocenters. The largest absolute Gasteiger partial charge is 0.504 e. The molecule has 224 valence electrons. The average molecular weight is 617 g/mol. The molecule has 2 aromatic carbocycles. The second-order valence-corrected chi connectivity index (χ2v) is 13.9. The van der Waals surface area contributed by atoms with Crippen molar-refractivity contribution in [2.45, 2.75) is 44.3 Å². The fourth-order valence-corrected chi connectivity index (χ4v) is 6.97. The lowest BCUT2D eigenvalue weighted by Crippen LogP contribution is -2.35. The zero-order valence-corrected chi connectivity index (χ0v) is 24.0. The summed E-state index contributed by atoms with van der Waals surface area (Å²) in [6.45, 7) is 7.15. The van der Waals surface area contributed by atoms with E-state index < -0.39 is 64.4 Å². The van der Waals surface area contributed by atoms with Gasteiger partial charge in [0.1, 0.15) is 11.2 Å². The molecule has 0 aliphatic heterocycles. The molecule has 42 heavy (non-hydrogen) atoms. The minimum Gasteiger partial charge on any atom is -0.504 e. The molecule has 12 heteroatoms. The lowest BCUT2D eigenvalue weighted by Gasteiger charge is -2.28. The summed E-state index contributed by atoms with van der Waals surface area (Å²) >= 11 is 0. The molecule has 4 rings (SSSR count). The van der Waals surface area contributed by atoms with E-state index in [1.165, 1.54) is 48.6 Å². The van der Waals surface area contributed by atoms with E-state index in [0.29, 0.717) is 12.8 Å². The Bertz CT molecular complexity index is 1540. The van der Waals surface area contributed by atoms with E-state index in [2.05, 4.69) is 13.2 Å². The predicted octanol–water partition coefficient (Wildman–Crippen LogP) is 3.35. The van der Waals surface area contributed by atoms with Crippen LogP contribution >= 0.6 is 0 Å². The van der Waals surface area contributed by atoms with Gasteiger partial charge in [0.25, 0.3) is 0 Å². The van der Waals surface area contributed by atoms with Gasteiger partial charge in [-0.25, -0.2) is 16.8 Å². The first-order chi connectivity index (χ1) is 19.6. The summed E-state index contributed by atoms with van der Waals surface area (Å²) in [7, 11) is -7.50. The van der Waals surface area contributed by atoms with Gasteiger partial charge in [0.2, 0.25) is 9.84 Å². The van der Waals surface area contributed by atoms with Gasteiger partial charge in [0.15, 0.2) is 32.8 Å². The second-order valence-electron chi connectivity index (χ2n) is 9.73. The zero-order chi connectivity index (χ0) is 31.3. The zero-order valence-electron chi connectivity index (χ0n) is 22.4. The quantitative estimate of drug-likeness (QED) is 0.189. The summed E-state index contributed by atoms with van der Waals surface area (Å²) in [4.78, 5) is -0.485. The molecule has 6 N–H and O–H groups in total. The topological polar surface area (TPSA) is 190 Å². The van der Waals surface area contributed by atoms with Crippen LogP contribution in [0.4, 0.5) is 0 Å². The van der Waals surface area contributed by atoms with Crippen molar-refractivity contribution in [1.29, 1.82) is 0 Å². The fraction of sp³-hybridized carbons (Fsp3) is 0.200. The Kier molecular flexibility index (Phi) is 9.58. The molecule has 2 aromatic rings. The molecular formula is C30H32O10S2. The molecule has 2 aliphatic carbocycles. The van der Waals surface area contributed by atoms with Crippen LogP contribution in [0.15, 0.2) is 120 Å². The normalized spacial score (nSPS) is 24.9. The maximum atomic E-state index is 12.7. The van der Waals surface area contributed by atoms with E-state index in [9.17, 15) is 37.3 Å². The highest BCUT2D eigenvalue weighted by molar-refractivity contribution is 7.93. The summed E-state index contributed by atoms with van der Waals surface area (Å²) in [6, 6.07) is 6.12. The highest BCUT2D eigenvalue weighted by atomic mass is 32.2. The van der Waals surface area contributed by atoms with E-state index in [1.807, 2.05) is 0 Å². The molecule has 0 bridgehead atoms. The standard InChI is InChI=1S/C18H22O4S.C12H10O6S/c1-3-9-17(19)11-5-15(6-12-17)23(21,22)16-7-13-18(20,10-4-2)14-8-16;13-9-3-1-7(5-11(9)15)19(17,18)8-2-4-10(14)12(16)6-8/h3-8,11-16,19-20H,1-2,9-10H2;1-6,13-16H. The number of hydrogen-bond acceptors (Lipinski definition) is 10. The van der Waals surface area contributed by atoms with Crippen LogP contribution in [0.25, 0.3) is 0 Å². The summed E-state index contributed by atoms with van der Waals surface area (Å²) < 4.78 is 49.7. The monoisotopic (exact) mass is 616 g/mol. The Labute approximate surface area is 244 Å². The third-order valence-electron chi connectivity index (χ3n) is 6.51. The Morgan fingerprint density at radius 3 is 1.24 bits per heavy atom. The van der Waals surface area contributed by atoms with Crippen LogP contribution in [-0.4, -0.2) is 69.2 Å². The van der Waals surface area contributed by atoms with Crippen LogP contribution < -0.4 is 0 Å². The van der Waals surface area contributed by atoms with Gasteiger partial charge >= 0.3 is 0 Å². The smallest absolute Gasteiger partial charge is 0.206 e. The van der Waals surface area contributed by atoms with E-state index in [-0.39, 0.29) is 9.79 Å². The van der Waals surface area contributed by atoms with Crippen LogP contribution in [0.3, 0.4) is 0 Å². The third-order valence-corrected chi connectivity index (χ3v) is 10.4. The van der Waals surface area contributed by atoms with Crippen molar-refractivity contribution in [1.82, 2.24) is 0 Å². The molecule has 0 unspecified atom stereocenters. The molecule has 0 aromatic heterocycles. The molecule has 0 spiro atoms. The van der Waals surface area contributed by atoms with Crippen molar-refractivity contribution >= 4 is 19.7 Å². The predicted molar refractivity (Wildman–Crippen MR) is 158 cm³/mol. The molecule has 0 saturated carbocycles. The van der Waals surface area contributed by atoms with Gasteiger partial charge in [-0.3, -0.25) is 0 Å². The number of phenols is 4. The molecule has 2 aliphatic rings. The Morgan fingerprint density at radius 2 is 0.952 bits per heavy atom. The summed E-state index contributed by atoms with van der Waals surface area (Å²) in [6.07, 6.45) is 15.7. The van der Waals surface area contributed by atoms with Crippen LogP contribution in [0.5, 0.6) is 23.0 Å². The van der Waals surface area contributed by atoms with Crippen LogP contribution in [0.2, 0.25) is 0 Å². The molecule has 0 fully saturated rings. The van der Waals surface area contributed by atoms with E-state index >= 15 is 0 Å². The molecule has 0 saturated heterocycles. The Balaban J connectivity index is 0.000000235. The molecule has 0 heterocycles. The SMILES string of the molecule is C=CCC1(O)C=CC(S(=O)(=O)C2C=CC(O)(CC=C)C=C2)C=C1.O=S(=O)(c1ccc(O)c(O)c1)c1ccc(O)c(O)c1. The average Bonchev–Trinajstić information content (AvgIpc) is 2.92. The highest BCUT2D eigenvalue weighted by Crippen LogP contribution is 2.33. The first kappa shape index (κ1) is 32.4. The van der Waals surface area contributed by atoms with E-state index in [0.717, 1.165) is 36.4 Å². The summed E-state index contributed by atoms with van der Waals surface area (Å²) in [5.74, 6) is -2.01. The first-order valence-electron chi connectivity index (χ1n) is 12.5. The highest BCUT2D eigenvalue weighted by Gasteiger charge is 2.34. The molecular weight excluding hydrogens is 584 g/mol. The van der Waals surface area contributed by atoms with Gasteiger partial charge in [-0.2, -0.15) is 0 Å². The number of benzene rings is 2. The van der Waals surface area contributed by atoms with Gasteiger partial charge in [-0.15, -0.1) is 13.2 Å². The van der Waals surface area contributed by atoms with Gasteiger partial charge in [0, 0.05) is 25.0 Å². The van der Waals surface area contributed by atoms with Crippen molar-refractivity contribution < 1.29 is 47.5 Å². The first-order valence-corrected chi connectivity index (χ1v) is 15.6. The van der Waals surface area contributed by atoms with Crippen molar-refractivity contribution in [3.8, 4) is 23.0 Å². The fourth-order valence-electron chi connectivity index (χ4n) is 4.12. The number of hydrogen-bond donors (Lipinski definition) is 6. The van der Waals surface area contributed by atoms with Gasteiger partial charge < -0.3 is 30.6 Å². The minimum absolute atomic E-state index is 0.243. The van der Waals surface area contributed by atoms with Crippen molar-refractivity contribution in [3.05, 3.63) is 110 Å². The Hall–Kier alpha value is -4.10. The van der Waals surface area contributed by atoms with Gasteiger partial charge in [-0.05, 0) is 24.3 Å². The second kappa shape index (κ2) is 12.4. The van der Waals surface area contributed by atoms with E-state index in [4.69, 9.17) is 10.2 Å². The molecule has 10 nitrogen and oxygen atoms in total. The van der Waals surface area contributed by atoms with Crippen LogP contribution in [0, 0.1) is 0 Å². The maximum absolute atomic E-state index is 12.7. The summed E-state index contributed by atoms with van der Waals surface area (Å²) in [5, 5.41) is 55.6. The number of phenolic OH excluding ortho intramolecular Hbond substituents is 4. The number of sulfone groups is 2. The third kappa shape index (κ3) is 7.21. The van der Waals surface area contributed by atoms with Crippen LogP contribution in [-0.2, 0) is 19.7 Å². The number of aliphatic hydroxyl groups is 2. The summed E-state index contributed by atoms with van der Waals surface area (Å²) in [5.41, 5.74) is -2.34. The molecule has 0 amide bonds. The lowest BCUT2D eigenvalue weighted by atomic mass is 9.94. The van der Waals surface area contributed by atoms with E-state index in [1.54, 1.807) is 12.2 Å². The van der Waals surface area contributed by atoms with Crippen molar-refractivity contribution in [3.63, 3.8) is 0 Å². The Morgan fingerprint density at radius 1 is 0.619 bits per heavy atom. The number of aromatic hydroxyl groups is 4.